The number of hydrogen-bond donors (Lipinski definition) is 1. The summed E-state index contributed by atoms with van der Waals surface area (Å²) in [4.78, 5) is 12.9. The molecule has 4 nitrogen and oxygen atoms in total. The third-order valence-electron chi connectivity index (χ3n) is 2.12. The van der Waals surface area contributed by atoms with Crippen molar-refractivity contribution in [3.05, 3.63) is 0 Å². The van der Waals surface area contributed by atoms with E-state index in [0.29, 0.717) is 19.7 Å². The van der Waals surface area contributed by atoms with Crippen molar-refractivity contribution in [3.63, 3.8) is 0 Å². The molecule has 0 aliphatic carbocycles. The molecule has 1 aliphatic rings. The van der Waals surface area contributed by atoms with Gasteiger partial charge in [0.05, 0.1) is 19.3 Å². The Kier molecular flexibility index (Phi) is 3.49. The molecule has 1 atom stereocenters. The van der Waals surface area contributed by atoms with Gasteiger partial charge in [0.2, 0.25) is 5.91 Å². The van der Waals surface area contributed by atoms with E-state index in [2.05, 4.69) is 6.92 Å². The summed E-state index contributed by atoms with van der Waals surface area (Å²) in [6.45, 7) is 4.20. The highest BCUT2D eigenvalue weighted by atomic mass is 16.5. The Bertz CT molecular complexity index is 161. The lowest BCUT2D eigenvalue weighted by atomic mass is 10.2. The van der Waals surface area contributed by atoms with E-state index < -0.39 is 0 Å². The number of hydrogen-bond acceptors (Lipinski definition) is 3. The second-order valence-corrected chi connectivity index (χ2v) is 2.94. The molecule has 12 heavy (non-hydrogen) atoms. The molecule has 1 aliphatic heterocycles. The lowest BCUT2D eigenvalue weighted by Gasteiger charge is -2.32. The predicted molar refractivity (Wildman–Crippen MR) is 45.7 cm³/mol. The maximum absolute atomic E-state index is 11.2. The van der Waals surface area contributed by atoms with E-state index in [1.807, 2.05) is 0 Å². The van der Waals surface area contributed by atoms with Crippen LogP contribution in [0, 0.1) is 0 Å². The Morgan fingerprint density at radius 2 is 2.50 bits per heavy atom. The van der Waals surface area contributed by atoms with Crippen LogP contribution in [0.5, 0.6) is 0 Å². The fourth-order valence-electron chi connectivity index (χ4n) is 1.32. The topological polar surface area (TPSA) is 55.6 Å². The van der Waals surface area contributed by atoms with Gasteiger partial charge in [0, 0.05) is 13.1 Å². The average Bonchev–Trinajstić information content (AvgIpc) is 2.17. The van der Waals surface area contributed by atoms with Crippen molar-refractivity contribution >= 4 is 5.91 Å². The Labute approximate surface area is 72.7 Å². The van der Waals surface area contributed by atoms with Crippen LogP contribution in [0.15, 0.2) is 0 Å². The summed E-state index contributed by atoms with van der Waals surface area (Å²) < 4.78 is 5.42. The van der Waals surface area contributed by atoms with Gasteiger partial charge >= 0.3 is 0 Å². The Morgan fingerprint density at radius 3 is 3.08 bits per heavy atom. The number of carbonyl (C=O) groups excluding carboxylic acids is 1. The van der Waals surface area contributed by atoms with Gasteiger partial charge in [0.1, 0.15) is 0 Å². The maximum atomic E-state index is 11.2. The van der Waals surface area contributed by atoms with E-state index in [9.17, 15) is 4.79 Å². The van der Waals surface area contributed by atoms with Crippen molar-refractivity contribution in [3.8, 4) is 0 Å². The largest absolute Gasteiger partial charge is 0.375 e. The number of ether oxygens (including phenoxy) is 1. The molecule has 1 amide bonds. The fourth-order valence-corrected chi connectivity index (χ4v) is 1.32. The van der Waals surface area contributed by atoms with Gasteiger partial charge in [-0.15, -0.1) is 0 Å². The van der Waals surface area contributed by atoms with Crippen LogP contribution in [-0.4, -0.2) is 43.2 Å². The second kappa shape index (κ2) is 4.42. The fraction of sp³-hybridized carbons (Fsp3) is 0.875. The van der Waals surface area contributed by atoms with Crippen LogP contribution >= 0.6 is 0 Å². The summed E-state index contributed by atoms with van der Waals surface area (Å²) in [6.07, 6.45) is 1.16. The van der Waals surface area contributed by atoms with E-state index in [1.54, 1.807) is 4.90 Å². The van der Waals surface area contributed by atoms with Crippen molar-refractivity contribution < 1.29 is 9.53 Å². The lowest BCUT2D eigenvalue weighted by Crippen LogP contribution is -2.47. The summed E-state index contributed by atoms with van der Waals surface area (Å²) in [5, 5.41) is 0. The van der Waals surface area contributed by atoms with Crippen LogP contribution in [0.3, 0.4) is 0 Å². The van der Waals surface area contributed by atoms with Gasteiger partial charge in [-0.25, -0.2) is 0 Å². The van der Waals surface area contributed by atoms with Gasteiger partial charge in [-0.3, -0.25) is 4.79 Å². The van der Waals surface area contributed by atoms with Crippen molar-refractivity contribution in [2.45, 2.75) is 19.4 Å². The number of amides is 1. The zero-order valence-electron chi connectivity index (χ0n) is 7.45. The van der Waals surface area contributed by atoms with E-state index in [4.69, 9.17) is 10.5 Å². The first-order valence-corrected chi connectivity index (χ1v) is 4.37. The van der Waals surface area contributed by atoms with E-state index >= 15 is 0 Å². The highest BCUT2D eigenvalue weighted by Crippen LogP contribution is 2.07. The highest BCUT2D eigenvalue weighted by molar-refractivity contribution is 5.78. The number of nitrogens with two attached hydrogens (primary N) is 1. The molecule has 1 unspecified atom stereocenters. The van der Waals surface area contributed by atoms with Crippen LogP contribution in [0.1, 0.15) is 13.3 Å². The average molecular weight is 172 g/mol. The minimum atomic E-state index is 0.0248. The summed E-state index contributed by atoms with van der Waals surface area (Å²) >= 11 is 0. The zero-order valence-corrected chi connectivity index (χ0v) is 7.45. The van der Waals surface area contributed by atoms with Gasteiger partial charge in [-0.05, 0) is 6.42 Å². The Hall–Kier alpha value is -0.610. The molecule has 0 bridgehead atoms. The first-order valence-electron chi connectivity index (χ1n) is 4.37. The first-order chi connectivity index (χ1) is 5.77. The van der Waals surface area contributed by atoms with Gasteiger partial charge in [0.15, 0.2) is 0 Å². The van der Waals surface area contributed by atoms with Gasteiger partial charge in [-0.2, -0.15) is 0 Å². The van der Waals surface area contributed by atoms with E-state index in [-0.39, 0.29) is 18.6 Å². The summed E-state index contributed by atoms with van der Waals surface area (Å²) in [7, 11) is 0. The summed E-state index contributed by atoms with van der Waals surface area (Å²) in [5.41, 5.74) is 5.26. The standard InChI is InChI=1S/C8H16N2O2/c1-2-7-6-10(3-4-12-7)8(11)5-9/h7H,2-6,9H2,1H3. The molecule has 4 heteroatoms. The molecule has 0 radical (unpaired) electrons. The third-order valence-corrected chi connectivity index (χ3v) is 2.12. The second-order valence-electron chi connectivity index (χ2n) is 2.94. The smallest absolute Gasteiger partial charge is 0.236 e. The monoisotopic (exact) mass is 172 g/mol. The van der Waals surface area contributed by atoms with Crippen LogP contribution in [0.2, 0.25) is 0 Å². The third kappa shape index (κ3) is 2.19. The van der Waals surface area contributed by atoms with E-state index in [1.165, 1.54) is 0 Å². The molecule has 0 aromatic heterocycles. The van der Waals surface area contributed by atoms with Crippen molar-refractivity contribution in [1.29, 1.82) is 0 Å². The molecular weight excluding hydrogens is 156 g/mol. The van der Waals surface area contributed by atoms with Gasteiger partial charge in [0.25, 0.3) is 0 Å². The maximum Gasteiger partial charge on any atom is 0.236 e. The molecule has 1 heterocycles. The number of rotatable bonds is 2. The predicted octanol–water partition coefficient (Wildman–Crippen LogP) is -0.417. The first kappa shape index (κ1) is 9.48. The van der Waals surface area contributed by atoms with Crippen LogP contribution in [0.4, 0.5) is 0 Å². The van der Waals surface area contributed by atoms with E-state index in [0.717, 1.165) is 6.42 Å². The molecule has 1 saturated heterocycles. The molecule has 2 N–H and O–H groups in total. The minimum absolute atomic E-state index is 0.0248. The molecule has 0 saturated carbocycles. The number of carbonyl (C=O) groups is 1. The molecule has 0 aromatic rings. The molecular formula is C8H16N2O2. The highest BCUT2D eigenvalue weighted by Gasteiger charge is 2.21. The lowest BCUT2D eigenvalue weighted by molar-refractivity contribution is -0.137. The van der Waals surface area contributed by atoms with Crippen LogP contribution in [-0.2, 0) is 9.53 Å². The molecule has 0 spiro atoms. The van der Waals surface area contributed by atoms with Gasteiger partial charge in [-0.1, -0.05) is 6.92 Å². The van der Waals surface area contributed by atoms with Crippen molar-refractivity contribution in [2.75, 3.05) is 26.2 Å². The Balaban J connectivity index is 2.40. The quantitative estimate of drug-likeness (QED) is 0.615. The zero-order chi connectivity index (χ0) is 8.97. The molecule has 1 fully saturated rings. The summed E-state index contributed by atoms with van der Waals surface area (Å²) in [5.74, 6) is 0.0248. The number of morpholine rings is 1. The molecule has 0 aromatic carbocycles. The SMILES string of the molecule is CCC1CN(C(=O)CN)CCO1. The van der Waals surface area contributed by atoms with Crippen LogP contribution in [0.25, 0.3) is 0 Å². The van der Waals surface area contributed by atoms with Crippen molar-refractivity contribution in [1.82, 2.24) is 4.90 Å². The van der Waals surface area contributed by atoms with Crippen molar-refractivity contribution in [2.24, 2.45) is 5.73 Å². The summed E-state index contributed by atoms with van der Waals surface area (Å²) in [6, 6.07) is 0. The molecule has 1 rings (SSSR count). The van der Waals surface area contributed by atoms with Gasteiger partial charge < -0.3 is 15.4 Å². The number of nitrogens with zero attached hydrogens (tertiary/aromatic N) is 1. The Morgan fingerprint density at radius 1 is 1.75 bits per heavy atom. The normalized spacial score (nSPS) is 24.2. The molecule has 70 valence electrons. The van der Waals surface area contributed by atoms with Crippen LogP contribution < -0.4 is 5.73 Å². The minimum Gasteiger partial charge on any atom is -0.375 e.